The Hall–Kier alpha value is -3.07. The van der Waals surface area contributed by atoms with Crippen molar-refractivity contribution in [2.75, 3.05) is 31.9 Å². The third-order valence-corrected chi connectivity index (χ3v) is 6.85. The molecule has 0 bridgehead atoms. The number of aromatic nitrogens is 5. The van der Waals surface area contributed by atoms with Crippen molar-refractivity contribution < 1.29 is 4.79 Å². The number of hydrogen-bond acceptors (Lipinski definition) is 7. The van der Waals surface area contributed by atoms with E-state index in [9.17, 15) is 4.79 Å². The zero-order valence-corrected chi connectivity index (χ0v) is 18.5. The zero-order chi connectivity index (χ0) is 22.1. The van der Waals surface area contributed by atoms with Gasteiger partial charge in [-0.2, -0.15) is 0 Å². The summed E-state index contributed by atoms with van der Waals surface area (Å²) >= 11 is 0. The van der Waals surface area contributed by atoms with E-state index in [1.54, 1.807) is 12.4 Å². The number of carbonyl (C=O) groups excluding carboxylic acids is 1. The lowest BCUT2D eigenvalue weighted by atomic mass is 9.84. The predicted octanol–water partition coefficient (Wildman–Crippen LogP) is 2.19. The van der Waals surface area contributed by atoms with Crippen LogP contribution >= 0.6 is 0 Å². The third-order valence-electron chi connectivity index (χ3n) is 6.85. The van der Waals surface area contributed by atoms with Crippen LogP contribution in [0, 0.1) is 12.8 Å². The number of rotatable bonds is 4. The fourth-order valence-electron chi connectivity index (χ4n) is 5.15. The molecule has 4 heterocycles. The average Bonchev–Trinajstić information content (AvgIpc) is 3.16. The van der Waals surface area contributed by atoms with Gasteiger partial charge in [0, 0.05) is 68.8 Å². The fraction of sp³-hybridized carbons (Fsp3) is 0.522. The third kappa shape index (κ3) is 4.17. The van der Waals surface area contributed by atoms with Gasteiger partial charge in [-0.25, -0.2) is 19.9 Å². The van der Waals surface area contributed by atoms with Gasteiger partial charge in [-0.05, 0) is 44.7 Å². The first-order chi connectivity index (χ1) is 15.6. The zero-order valence-electron chi connectivity index (χ0n) is 18.5. The number of hydrogen-bond donors (Lipinski definition) is 1. The highest BCUT2D eigenvalue weighted by atomic mass is 16.2. The van der Waals surface area contributed by atoms with Gasteiger partial charge in [-0.1, -0.05) is 0 Å². The molecule has 1 aliphatic heterocycles. The van der Waals surface area contributed by atoms with Crippen LogP contribution in [0.5, 0.6) is 0 Å². The summed E-state index contributed by atoms with van der Waals surface area (Å²) in [4.78, 5) is 34.9. The van der Waals surface area contributed by atoms with E-state index < -0.39 is 0 Å². The van der Waals surface area contributed by atoms with Crippen molar-refractivity contribution in [3.05, 3.63) is 42.1 Å². The quantitative estimate of drug-likeness (QED) is 0.671. The minimum atomic E-state index is 0.131. The molecule has 1 aliphatic carbocycles. The standard InChI is InChI=1S/C23H30N8O/c1-16-28-20-3-2-8-25-21(20)31(16)19-6-4-18(5-7-19)22(32)30-11-9-29(10-12-30)15-17-13-26-23(24)27-14-17/h2-3,8,13-14,18-19H,4-7,9-12,15H2,1H3,(H2,24,26,27). The minimum Gasteiger partial charge on any atom is -0.368 e. The number of pyridine rings is 1. The van der Waals surface area contributed by atoms with Crippen molar-refractivity contribution in [3.8, 4) is 0 Å². The molecule has 32 heavy (non-hydrogen) atoms. The Labute approximate surface area is 187 Å². The summed E-state index contributed by atoms with van der Waals surface area (Å²) in [6.07, 6.45) is 9.23. The van der Waals surface area contributed by atoms with Crippen molar-refractivity contribution in [1.82, 2.24) is 34.3 Å². The van der Waals surface area contributed by atoms with E-state index in [2.05, 4.69) is 41.2 Å². The first-order valence-corrected chi connectivity index (χ1v) is 11.5. The van der Waals surface area contributed by atoms with Crippen LogP contribution in [0.4, 0.5) is 5.95 Å². The Morgan fingerprint density at radius 1 is 1.06 bits per heavy atom. The van der Waals surface area contributed by atoms with Crippen molar-refractivity contribution in [2.45, 2.75) is 45.2 Å². The molecule has 2 N–H and O–H groups in total. The molecule has 168 valence electrons. The van der Waals surface area contributed by atoms with Crippen LogP contribution in [0.2, 0.25) is 0 Å². The summed E-state index contributed by atoms with van der Waals surface area (Å²) < 4.78 is 2.27. The Morgan fingerprint density at radius 2 is 1.78 bits per heavy atom. The molecule has 1 amide bonds. The molecule has 0 atom stereocenters. The van der Waals surface area contributed by atoms with E-state index in [0.717, 1.165) is 81.0 Å². The summed E-state index contributed by atoms with van der Waals surface area (Å²) in [6.45, 7) is 6.15. The molecule has 0 unspecified atom stereocenters. The van der Waals surface area contributed by atoms with Crippen LogP contribution in [0.25, 0.3) is 11.2 Å². The summed E-state index contributed by atoms with van der Waals surface area (Å²) in [5.74, 6) is 1.76. The van der Waals surface area contributed by atoms with E-state index >= 15 is 0 Å². The lowest BCUT2D eigenvalue weighted by Gasteiger charge is -2.38. The Balaban J connectivity index is 1.14. The number of piperazine rings is 1. The molecule has 0 radical (unpaired) electrons. The lowest BCUT2D eigenvalue weighted by molar-refractivity contribution is -0.138. The highest BCUT2D eigenvalue weighted by Crippen LogP contribution is 2.35. The number of fused-ring (bicyclic) bond motifs is 1. The predicted molar refractivity (Wildman–Crippen MR) is 122 cm³/mol. The number of anilines is 1. The number of nitrogens with zero attached hydrogens (tertiary/aromatic N) is 7. The largest absolute Gasteiger partial charge is 0.368 e. The SMILES string of the molecule is Cc1nc2cccnc2n1C1CCC(C(=O)N2CCN(Cc3cnc(N)nc3)CC2)CC1. The molecule has 1 saturated heterocycles. The molecule has 3 aromatic heterocycles. The monoisotopic (exact) mass is 434 g/mol. The first kappa shape index (κ1) is 20.8. The summed E-state index contributed by atoms with van der Waals surface area (Å²) in [6, 6.07) is 4.32. The molecule has 1 saturated carbocycles. The van der Waals surface area contributed by atoms with Crippen LogP contribution in [0.1, 0.15) is 43.1 Å². The highest BCUT2D eigenvalue weighted by molar-refractivity contribution is 5.79. The average molecular weight is 435 g/mol. The topological polar surface area (TPSA) is 106 Å². The molecule has 0 spiro atoms. The van der Waals surface area contributed by atoms with E-state index in [0.29, 0.717) is 17.9 Å². The summed E-state index contributed by atoms with van der Waals surface area (Å²) in [5, 5.41) is 0. The molecule has 9 nitrogen and oxygen atoms in total. The number of nitrogens with two attached hydrogens (primary N) is 1. The van der Waals surface area contributed by atoms with Crippen molar-refractivity contribution in [2.24, 2.45) is 5.92 Å². The van der Waals surface area contributed by atoms with Crippen LogP contribution in [-0.4, -0.2) is 66.4 Å². The lowest BCUT2D eigenvalue weighted by Crippen LogP contribution is -2.50. The van der Waals surface area contributed by atoms with Gasteiger partial charge < -0.3 is 15.2 Å². The normalized spacial score (nSPS) is 22.3. The maximum Gasteiger partial charge on any atom is 0.225 e. The molecular formula is C23H30N8O. The van der Waals surface area contributed by atoms with Crippen LogP contribution < -0.4 is 5.73 Å². The van der Waals surface area contributed by atoms with Gasteiger partial charge in [-0.15, -0.1) is 0 Å². The molecular weight excluding hydrogens is 404 g/mol. The number of nitrogen functional groups attached to an aromatic ring is 1. The second-order valence-electron chi connectivity index (χ2n) is 8.93. The van der Waals surface area contributed by atoms with Crippen LogP contribution in [0.15, 0.2) is 30.7 Å². The van der Waals surface area contributed by atoms with E-state index in [4.69, 9.17) is 5.73 Å². The fourth-order valence-corrected chi connectivity index (χ4v) is 5.15. The first-order valence-electron chi connectivity index (χ1n) is 11.5. The highest BCUT2D eigenvalue weighted by Gasteiger charge is 2.32. The maximum absolute atomic E-state index is 13.2. The van der Waals surface area contributed by atoms with Crippen LogP contribution in [-0.2, 0) is 11.3 Å². The van der Waals surface area contributed by atoms with Gasteiger partial charge in [0.25, 0.3) is 0 Å². The summed E-state index contributed by atoms with van der Waals surface area (Å²) in [7, 11) is 0. The van der Waals surface area contributed by atoms with Crippen molar-refractivity contribution in [3.63, 3.8) is 0 Å². The smallest absolute Gasteiger partial charge is 0.225 e. The second kappa shape index (κ2) is 8.82. The molecule has 5 rings (SSSR count). The molecule has 2 fully saturated rings. The maximum atomic E-state index is 13.2. The number of carbonyl (C=O) groups is 1. The van der Waals surface area contributed by atoms with E-state index in [1.165, 1.54) is 0 Å². The van der Waals surface area contributed by atoms with Gasteiger partial charge in [0.05, 0.1) is 0 Å². The van der Waals surface area contributed by atoms with Gasteiger partial charge in [0.15, 0.2) is 5.65 Å². The summed E-state index contributed by atoms with van der Waals surface area (Å²) in [5.41, 5.74) is 8.52. The van der Waals surface area contributed by atoms with Gasteiger partial charge >= 0.3 is 0 Å². The number of amides is 1. The van der Waals surface area contributed by atoms with Gasteiger partial charge in [0.1, 0.15) is 11.3 Å². The Bertz CT molecular complexity index is 1080. The Morgan fingerprint density at radius 3 is 2.50 bits per heavy atom. The van der Waals surface area contributed by atoms with Gasteiger partial charge in [0.2, 0.25) is 11.9 Å². The second-order valence-corrected chi connectivity index (χ2v) is 8.93. The minimum absolute atomic E-state index is 0.131. The Kier molecular flexibility index (Phi) is 5.73. The van der Waals surface area contributed by atoms with E-state index in [1.807, 2.05) is 18.3 Å². The number of aryl methyl sites for hydroxylation is 1. The van der Waals surface area contributed by atoms with Crippen molar-refractivity contribution >= 4 is 23.0 Å². The molecule has 9 heteroatoms. The number of imidazole rings is 1. The van der Waals surface area contributed by atoms with E-state index in [-0.39, 0.29) is 5.92 Å². The molecule has 2 aliphatic rings. The molecule has 3 aromatic rings. The van der Waals surface area contributed by atoms with Crippen LogP contribution in [0.3, 0.4) is 0 Å². The van der Waals surface area contributed by atoms with Crippen molar-refractivity contribution in [1.29, 1.82) is 0 Å². The molecule has 0 aromatic carbocycles. The van der Waals surface area contributed by atoms with Gasteiger partial charge in [-0.3, -0.25) is 9.69 Å².